The molecule has 0 fully saturated rings. The van der Waals surface area contributed by atoms with E-state index in [1.165, 1.54) is 0 Å². The van der Waals surface area contributed by atoms with Crippen LogP contribution in [0.4, 0.5) is 0 Å². The Bertz CT molecular complexity index is 132. The van der Waals surface area contributed by atoms with Gasteiger partial charge in [0.2, 0.25) is 0 Å². The van der Waals surface area contributed by atoms with Gasteiger partial charge in [-0.15, -0.1) is 0 Å². The monoisotopic (exact) mass is 205 g/mol. The maximum Gasteiger partial charge on any atom is 0.0884 e. The first-order valence-electron chi connectivity index (χ1n) is 5.14. The van der Waals surface area contributed by atoms with Gasteiger partial charge in [-0.3, -0.25) is 0 Å². The molecule has 0 saturated heterocycles. The fraction of sp³-hybridized carbons (Fsp3) is 1.00. The Kier molecular flexibility index (Phi) is 6.82. The molecule has 0 radical (unpaired) electrons. The molecule has 0 saturated carbocycles. The number of nitrogens with two attached hydrogens (primary N) is 1. The third kappa shape index (κ3) is 4.34. The SMILES string of the molecule is CCCSC(C)C(O)(CN)CCC. The molecule has 2 unspecified atom stereocenters. The summed E-state index contributed by atoms with van der Waals surface area (Å²) in [5.74, 6) is 1.10. The van der Waals surface area contributed by atoms with E-state index in [4.69, 9.17) is 5.73 Å². The Morgan fingerprint density at radius 3 is 2.38 bits per heavy atom. The average Bonchev–Trinajstić information content (AvgIpc) is 2.14. The molecule has 0 aromatic rings. The highest BCUT2D eigenvalue weighted by molar-refractivity contribution is 7.99. The van der Waals surface area contributed by atoms with Gasteiger partial charge in [0.1, 0.15) is 0 Å². The number of aliphatic hydroxyl groups is 1. The highest BCUT2D eigenvalue weighted by atomic mass is 32.2. The van der Waals surface area contributed by atoms with E-state index in [9.17, 15) is 5.11 Å². The molecule has 0 heterocycles. The molecule has 3 N–H and O–H groups in total. The lowest BCUT2D eigenvalue weighted by molar-refractivity contribution is 0.0414. The van der Waals surface area contributed by atoms with Crippen molar-refractivity contribution in [3.8, 4) is 0 Å². The molecule has 0 aliphatic heterocycles. The fourth-order valence-corrected chi connectivity index (χ4v) is 2.47. The molecule has 13 heavy (non-hydrogen) atoms. The topological polar surface area (TPSA) is 46.2 Å². The maximum absolute atomic E-state index is 10.2. The van der Waals surface area contributed by atoms with E-state index >= 15 is 0 Å². The van der Waals surface area contributed by atoms with Crippen molar-refractivity contribution in [1.82, 2.24) is 0 Å². The van der Waals surface area contributed by atoms with Crippen LogP contribution in [0.1, 0.15) is 40.0 Å². The summed E-state index contributed by atoms with van der Waals surface area (Å²) in [5, 5.41) is 10.4. The van der Waals surface area contributed by atoms with Crippen molar-refractivity contribution in [2.45, 2.75) is 50.9 Å². The van der Waals surface area contributed by atoms with Crippen LogP contribution in [0.25, 0.3) is 0 Å². The van der Waals surface area contributed by atoms with Crippen LogP contribution in [0, 0.1) is 0 Å². The minimum Gasteiger partial charge on any atom is -0.387 e. The highest BCUT2D eigenvalue weighted by Crippen LogP contribution is 2.27. The van der Waals surface area contributed by atoms with Crippen LogP contribution >= 0.6 is 11.8 Å². The van der Waals surface area contributed by atoms with E-state index in [0.29, 0.717) is 6.54 Å². The van der Waals surface area contributed by atoms with E-state index in [-0.39, 0.29) is 5.25 Å². The van der Waals surface area contributed by atoms with Gasteiger partial charge in [-0.25, -0.2) is 0 Å². The minimum atomic E-state index is -0.658. The Hall–Kier alpha value is 0.270. The van der Waals surface area contributed by atoms with Crippen LogP contribution in [0.3, 0.4) is 0 Å². The van der Waals surface area contributed by atoms with Gasteiger partial charge in [0.25, 0.3) is 0 Å². The predicted molar refractivity (Wildman–Crippen MR) is 61.1 cm³/mol. The molecule has 0 aromatic carbocycles. The van der Waals surface area contributed by atoms with E-state index in [1.54, 1.807) is 0 Å². The molecule has 80 valence electrons. The number of hydrogen-bond donors (Lipinski definition) is 2. The molecule has 2 nitrogen and oxygen atoms in total. The quantitative estimate of drug-likeness (QED) is 0.668. The predicted octanol–water partition coefficient (Wildman–Crippen LogP) is 2.01. The maximum atomic E-state index is 10.2. The summed E-state index contributed by atoms with van der Waals surface area (Å²) >= 11 is 1.82. The minimum absolute atomic E-state index is 0.248. The molecule has 0 aliphatic rings. The van der Waals surface area contributed by atoms with Crippen molar-refractivity contribution in [3.05, 3.63) is 0 Å². The molecule has 0 aliphatic carbocycles. The number of rotatable bonds is 7. The first kappa shape index (κ1) is 13.3. The van der Waals surface area contributed by atoms with Gasteiger partial charge >= 0.3 is 0 Å². The summed E-state index contributed by atoms with van der Waals surface area (Å²) in [6.07, 6.45) is 2.95. The lowest BCUT2D eigenvalue weighted by Gasteiger charge is -2.32. The van der Waals surface area contributed by atoms with Gasteiger partial charge in [0.05, 0.1) is 5.60 Å². The Labute approximate surface area is 86.3 Å². The third-order valence-corrected chi connectivity index (χ3v) is 3.95. The summed E-state index contributed by atoms with van der Waals surface area (Å²) in [7, 11) is 0. The van der Waals surface area contributed by atoms with Gasteiger partial charge in [0, 0.05) is 11.8 Å². The van der Waals surface area contributed by atoms with Gasteiger partial charge in [-0.1, -0.05) is 27.2 Å². The zero-order chi connectivity index (χ0) is 10.3. The lowest BCUT2D eigenvalue weighted by atomic mass is 9.95. The summed E-state index contributed by atoms with van der Waals surface area (Å²) in [5.41, 5.74) is 4.94. The second kappa shape index (κ2) is 6.68. The van der Waals surface area contributed by atoms with Crippen LogP contribution in [-0.2, 0) is 0 Å². The van der Waals surface area contributed by atoms with Crippen LogP contribution in [0.15, 0.2) is 0 Å². The molecule has 2 atom stereocenters. The van der Waals surface area contributed by atoms with Crippen molar-refractivity contribution in [1.29, 1.82) is 0 Å². The zero-order valence-corrected chi connectivity index (χ0v) is 9.86. The molecule has 3 heteroatoms. The average molecular weight is 205 g/mol. The van der Waals surface area contributed by atoms with Gasteiger partial charge < -0.3 is 10.8 Å². The fourth-order valence-electron chi connectivity index (χ4n) is 1.35. The van der Waals surface area contributed by atoms with Crippen LogP contribution in [0.2, 0.25) is 0 Å². The van der Waals surface area contributed by atoms with E-state index in [1.807, 2.05) is 11.8 Å². The number of thioether (sulfide) groups is 1. The summed E-state index contributed by atoms with van der Waals surface area (Å²) in [6, 6.07) is 0. The van der Waals surface area contributed by atoms with E-state index < -0.39 is 5.60 Å². The second-order valence-corrected chi connectivity index (χ2v) is 5.02. The highest BCUT2D eigenvalue weighted by Gasteiger charge is 2.31. The van der Waals surface area contributed by atoms with Crippen LogP contribution < -0.4 is 5.73 Å². The molecule has 0 bridgehead atoms. The normalized spacial score (nSPS) is 18.2. The first-order valence-corrected chi connectivity index (χ1v) is 6.19. The van der Waals surface area contributed by atoms with Crippen molar-refractivity contribution in [2.75, 3.05) is 12.3 Å². The van der Waals surface area contributed by atoms with Crippen LogP contribution in [-0.4, -0.2) is 28.3 Å². The number of hydrogen-bond acceptors (Lipinski definition) is 3. The van der Waals surface area contributed by atoms with Gasteiger partial charge in [-0.05, 0) is 18.6 Å². The second-order valence-electron chi connectivity index (χ2n) is 3.57. The summed E-state index contributed by atoms with van der Waals surface area (Å²) in [6.45, 7) is 6.68. The third-order valence-electron chi connectivity index (χ3n) is 2.37. The van der Waals surface area contributed by atoms with Gasteiger partial charge in [0.15, 0.2) is 0 Å². The lowest BCUT2D eigenvalue weighted by Crippen LogP contribution is -2.45. The molecule has 0 rings (SSSR count). The van der Waals surface area contributed by atoms with Crippen molar-refractivity contribution >= 4 is 11.8 Å². The first-order chi connectivity index (χ1) is 6.10. The Morgan fingerprint density at radius 2 is 2.00 bits per heavy atom. The Morgan fingerprint density at radius 1 is 1.38 bits per heavy atom. The molecular formula is C10H23NOS. The standard InChI is InChI=1S/C10H23NOS/c1-4-6-10(12,8-11)9(3)13-7-5-2/h9,12H,4-8,11H2,1-3H3. The largest absolute Gasteiger partial charge is 0.387 e. The van der Waals surface area contributed by atoms with Crippen LogP contribution in [0.5, 0.6) is 0 Å². The zero-order valence-electron chi connectivity index (χ0n) is 9.05. The van der Waals surface area contributed by atoms with E-state index in [0.717, 1.165) is 25.0 Å². The van der Waals surface area contributed by atoms with Gasteiger partial charge in [-0.2, -0.15) is 11.8 Å². The van der Waals surface area contributed by atoms with Crippen molar-refractivity contribution in [3.63, 3.8) is 0 Å². The Balaban J connectivity index is 4.03. The summed E-state index contributed by atoms with van der Waals surface area (Å²) in [4.78, 5) is 0. The van der Waals surface area contributed by atoms with Crippen molar-refractivity contribution < 1.29 is 5.11 Å². The van der Waals surface area contributed by atoms with Crippen molar-refractivity contribution in [2.24, 2.45) is 5.73 Å². The van der Waals surface area contributed by atoms with E-state index in [2.05, 4.69) is 20.8 Å². The molecule has 0 spiro atoms. The molecule has 0 aromatic heterocycles. The molecule has 0 amide bonds. The molecular weight excluding hydrogens is 182 g/mol. The summed E-state index contributed by atoms with van der Waals surface area (Å²) < 4.78 is 0. The smallest absolute Gasteiger partial charge is 0.0884 e.